The molecule has 2 saturated heterocycles. The molecule has 2 fully saturated rings. The van der Waals surface area contributed by atoms with Gasteiger partial charge in [-0.3, -0.25) is 44.0 Å². The van der Waals surface area contributed by atoms with Crippen molar-refractivity contribution in [2.75, 3.05) is 24.7 Å². The number of rotatable bonds is 9. The monoisotopic (exact) mass is 640 g/mol. The van der Waals surface area contributed by atoms with Gasteiger partial charge in [-0.2, -0.15) is 10.2 Å². The summed E-state index contributed by atoms with van der Waals surface area (Å²) in [6.07, 6.45) is 8.52. The van der Waals surface area contributed by atoms with Gasteiger partial charge in [0, 0.05) is 68.4 Å². The number of aryl methyl sites for hydroxylation is 1. The maximum atomic E-state index is 14.4. The topological polar surface area (TPSA) is 172 Å². The number of ether oxygens (including phenoxy) is 1. The van der Waals surface area contributed by atoms with Gasteiger partial charge in [0.05, 0.1) is 11.9 Å². The lowest BCUT2D eigenvalue weighted by Gasteiger charge is -2.34. The molecule has 5 heterocycles. The largest absolute Gasteiger partial charge is 0.381 e. The minimum absolute atomic E-state index is 0.146. The van der Waals surface area contributed by atoms with Gasteiger partial charge in [0.1, 0.15) is 17.8 Å². The third kappa shape index (κ3) is 5.84. The molecule has 0 spiro atoms. The molecular formula is C33H36N8O6. The summed E-state index contributed by atoms with van der Waals surface area (Å²) in [6.45, 7) is 1.88. The van der Waals surface area contributed by atoms with E-state index in [2.05, 4.69) is 25.9 Å². The summed E-state index contributed by atoms with van der Waals surface area (Å²) in [5, 5.41) is 17.2. The predicted molar refractivity (Wildman–Crippen MR) is 167 cm³/mol. The number of anilines is 1. The SMILES string of the molecule is Cn1ccc(-c2[nH]ncc2C(C(=O)NCC2CCOCC2)N(C(=O)C2=CCC2)c2ccc3c(c2)C(=O)N(C2CCC(=O)NC2=O)C3)n1. The Balaban J connectivity index is 1.28. The van der Waals surface area contributed by atoms with E-state index in [1.165, 1.54) is 9.80 Å². The lowest BCUT2D eigenvalue weighted by Crippen LogP contribution is -2.52. The fraction of sp³-hybridized carbons (Fsp3) is 0.424. The van der Waals surface area contributed by atoms with Crippen LogP contribution in [0.3, 0.4) is 0 Å². The standard InChI is InChI=1S/C33H36N8O6/c1-39-12-9-25(38-39)28-24(17-35-37-28)29(31(44)34-16-19-10-13-47-14-11-19)41(32(45)20-3-2-4-20)22-6-5-21-18-40(33(46)23(21)15-22)26-7-8-27(42)36-30(26)43/h3,5-6,9,12,15,17,19,26,29H,2,4,7-8,10-11,13-14,16,18H2,1H3,(H,34,44)(H,35,37)(H,36,42,43). The molecule has 3 aliphatic heterocycles. The molecule has 0 radical (unpaired) electrons. The number of carbonyl (C=O) groups excluding carboxylic acids is 5. The molecule has 1 aromatic carbocycles. The molecule has 0 saturated carbocycles. The first-order chi connectivity index (χ1) is 22.8. The normalized spacial score (nSPS) is 20.3. The highest BCUT2D eigenvalue weighted by atomic mass is 16.5. The Morgan fingerprint density at radius 3 is 2.64 bits per heavy atom. The number of nitrogens with one attached hydrogen (secondary N) is 3. The Kier molecular flexibility index (Phi) is 8.18. The van der Waals surface area contributed by atoms with E-state index in [0.717, 1.165) is 19.3 Å². The van der Waals surface area contributed by atoms with Crippen molar-refractivity contribution in [3.05, 3.63) is 65.0 Å². The minimum atomic E-state index is -1.15. The summed E-state index contributed by atoms with van der Waals surface area (Å²) in [4.78, 5) is 69.7. The summed E-state index contributed by atoms with van der Waals surface area (Å²) in [6, 6.07) is 4.99. The fourth-order valence-electron chi connectivity index (χ4n) is 6.66. The molecule has 3 N–H and O–H groups in total. The predicted octanol–water partition coefficient (Wildman–Crippen LogP) is 1.91. The second-order valence-corrected chi connectivity index (χ2v) is 12.5. The number of fused-ring (bicyclic) bond motifs is 1. The summed E-state index contributed by atoms with van der Waals surface area (Å²) < 4.78 is 7.13. The van der Waals surface area contributed by atoms with Crippen LogP contribution in [0.5, 0.6) is 0 Å². The average Bonchev–Trinajstić information content (AvgIpc) is 3.77. The van der Waals surface area contributed by atoms with Crippen LogP contribution in [-0.2, 0) is 37.5 Å². The Morgan fingerprint density at radius 2 is 1.94 bits per heavy atom. The Labute approximate surface area is 270 Å². The molecular weight excluding hydrogens is 604 g/mol. The second kappa shape index (κ2) is 12.6. The highest BCUT2D eigenvalue weighted by Crippen LogP contribution is 2.38. The van der Waals surface area contributed by atoms with Crippen LogP contribution in [0, 0.1) is 5.92 Å². The average molecular weight is 641 g/mol. The third-order valence-electron chi connectivity index (χ3n) is 9.43. The zero-order valence-corrected chi connectivity index (χ0v) is 26.0. The summed E-state index contributed by atoms with van der Waals surface area (Å²) >= 11 is 0. The molecule has 47 heavy (non-hydrogen) atoms. The maximum absolute atomic E-state index is 14.4. The van der Waals surface area contributed by atoms with Crippen LogP contribution in [0.25, 0.3) is 11.4 Å². The molecule has 0 bridgehead atoms. The van der Waals surface area contributed by atoms with Crippen LogP contribution in [0.1, 0.15) is 66.1 Å². The first kappa shape index (κ1) is 30.5. The van der Waals surface area contributed by atoms with E-state index < -0.39 is 18.0 Å². The van der Waals surface area contributed by atoms with Crippen molar-refractivity contribution >= 4 is 35.2 Å². The van der Waals surface area contributed by atoms with E-state index in [1.54, 1.807) is 48.4 Å². The maximum Gasteiger partial charge on any atom is 0.255 e. The van der Waals surface area contributed by atoms with E-state index in [4.69, 9.17) is 4.74 Å². The van der Waals surface area contributed by atoms with Crippen LogP contribution in [0.4, 0.5) is 5.69 Å². The summed E-state index contributed by atoms with van der Waals surface area (Å²) in [7, 11) is 1.79. The van der Waals surface area contributed by atoms with Gasteiger partial charge in [0.25, 0.3) is 11.8 Å². The number of hydrogen-bond acceptors (Lipinski definition) is 8. The zero-order chi connectivity index (χ0) is 32.7. The highest BCUT2D eigenvalue weighted by Gasteiger charge is 2.42. The van der Waals surface area contributed by atoms with Crippen LogP contribution in [0.2, 0.25) is 0 Å². The molecule has 3 aromatic rings. The molecule has 7 rings (SSSR count). The number of nitrogens with zero attached hydrogens (tertiary/aromatic N) is 5. The molecule has 14 nitrogen and oxygen atoms in total. The minimum Gasteiger partial charge on any atom is -0.381 e. The Hall–Kier alpha value is -5.11. The zero-order valence-electron chi connectivity index (χ0n) is 26.0. The number of aromatic nitrogens is 4. The van der Waals surface area contributed by atoms with Crippen molar-refractivity contribution in [2.24, 2.45) is 13.0 Å². The second-order valence-electron chi connectivity index (χ2n) is 12.5. The molecule has 4 aliphatic rings. The first-order valence-corrected chi connectivity index (χ1v) is 16.0. The van der Waals surface area contributed by atoms with E-state index in [-0.39, 0.29) is 48.9 Å². The van der Waals surface area contributed by atoms with Gasteiger partial charge in [-0.1, -0.05) is 12.1 Å². The number of piperidine rings is 1. The lowest BCUT2D eigenvalue weighted by molar-refractivity contribution is -0.137. The van der Waals surface area contributed by atoms with Gasteiger partial charge in [-0.15, -0.1) is 0 Å². The van der Waals surface area contributed by atoms with Crippen molar-refractivity contribution in [3.8, 4) is 11.4 Å². The number of allylic oxidation sites excluding steroid dienone is 1. The van der Waals surface area contributed by atoms with Gasteiger partial charge >= 0.3 is 0 Å². The van der Waals surface area contributed by atoms with Gasteiger partial charge in [0.15, 0.2) is 0 Å². The van der Waals surface area contributed by atoms with Crippen molar-refractivity contribution in [1.29, 1.82) is 0 Å². The van der Waals surface area contributed by atoms with Crippen molar-refractivity contribution in [3.63, 3.8) is 0 Å². The summed E-state index contributed by atoms with van der Waals surface area (Å²) in [5.41, 5.74) is 3.48. The van der Waals surface area contributed by atoms with Gasteiger partial charge in [-0.05, 0) is 61.8 Å². The number of benzene rings is 1. The lowest BCUT2D eigenvalue weighted by atomic mass is 9.94. The molecule has 5 amide bonds. The van der Waals surface area contributed by atoms with E-state index in [1.807, 2.05) is 6.08 Å². The number of hydrogen-bond donors (Lipinski definition) is 3. The van der Waals surface area contributed by atoms with Gasteiger partial charge in [0.2, 0.25) is 17.7 Å². The van der Waals surface area contributed by atoms with E-state index in [9.17, 15) is 24.0 Å². The number of H-pyrrole nitrogens is 1. The van der Waals surface area contributed by atoms with Gasteiger partial charge < -0.3 is 15.0 Å². The quantitative estimate of drug-likeness (QED) is 0.298. The van der Waals surface area contributed by atoms with Crippen molar-refractivity contribution < 1.29 is 28.7 Å². The van der Waals surface area contributed by atoms with E-state index >= 15 is 0 Å². The number of carbonyl (C=O) groups is 5. The smallest absolute Gasteiger partial charge is 0.255 e. The fourth-order valence-corrected chi connectivity index (χ4v) is 6.66. The third-order valence-corrected chi connectivity index (χ3v) is 9.43. The molecule has 2 atom stereocenters. The van der Waals surface area contributed by atoms with Crippen molar-refractivity contribution in [1.82, 2.24) is 35.5 Å². The summed E-state index contributed by atoms with van der Waals surface area (Å²) in [5.74, 6) is -1.72. The van der Waals surface area contributed by atoms with Gasteiger partial charge in [-0.25, -0.2) is 0 Å². The molecule has 2 unspecified atom stereocenters. The number of imide groups is 1. The van der Waals surface area contributed by atoms with Crippen molar-refractivity contribution in [2.45, 2.75) is 57.2 Å². The molecule has 244 valence electrons. The number of aromatic amines is 1. The Bertz CT molecular complexity index is 1790. The van der Waals surface area contributed by atoms with Crippen LogP contribution in [0.15, 0.2) is 48.3 Å². The van der Waals surface area contributed by atoms with Crippen LogP contribution >= 0.6 is 0 Å². The van der Waals surface area contributed by atoms with Crippen LogP contribution in [-0.4, -0.2) is 80.2 Å². The molecule has 2 aromatic heterocycles. The molecule has 14 heteroatoms. The highest BCUT2D eigenvalue weighted by molar-refractivity contribution is 6.12. The molecule has 1 aliphatic carbocycles. The number of amides is 5. The van der Waals surface area contributed by atoms with E-state index in [0.29, 0.717) is 65.5 Å². The first-order valence-electron chi connectivity index (χ1n) is 16.0. The Morgan fingerprint density at radius 1 is 1.13 bits per heavy atom. The van der Waals surface area contributed by atoms with Crippen LogP contribution < -0.4 is 15.5 Å².